The first kappa shape index (κ1) is 20.9. The van der Waals surface area contributed by atoms with E-state index >= 15 is 0 Å². The lowest BCUT2D eigenvalue weighted by Crippen LogP contribution is -2.40. The monoisotopic (exact) mass is 445 g/mol. The van der Waals surface area contributed by atoms with Gasteiger partial charge in [0, 0.05) is 6.54 Å². The fraction of sp³-hybridized carbons (Fsp3) is 0.389. The van der Waals surface area contributed by atoms with Crippen LogP contribution in [0.2, 0.25) is 4.34 Å². The van der Waals surface area contributed by atoms with Crippen molar-refractivity contribution in [3.63, 3.8) is 0 Å². The third-order valence-corrected chi connectivity index (χ3v) is 8.26. The number of nitrogens with zero attached hydrogens (tertiary/aromatic N) is 1. The second-order valence-electron chi connectivity index (χ2n) is 6.13. The highest BCUT2D eigenvalue weighted by Crippen LogP contribution is 2.42. The summed E-state index contributed by atoms with van der Waals surface area (Å²) in [4.78, 5) is 12.1. The van der Waals surface area contributed by atoms with E-state index in [-0.39, 0.29) is 17.2 Å². The topological polar surface area (TPSA) is 82.1 Å². The molecule has 2 aromatic rings. The van der Waals surface area contributed by atoms with Crippen LogP contribution in [-0.2, 0) is 26.0 Å². The average molecular weight is 446 g/mol. The fourth-order valence-corrected chi connectivity index (χ4v) is 6.52. The molecule has 0 N–H and O–H groups in total. The van der Waals surface area contributed by atoms with E-state index in [1.54, 1.807) is 12.1 Å². The van der Waals surface area contributed by atoms with Gasteiger partial charge in [0.25, 0.3) is 10.0 Å². The molecule has 1 aliphatic heterocycles. The van der Waals surface area contributed by atoms with E-state index in [0.717, 1.165) is 16.9 Å². The van der Waals surface area contributed by atoms with Gasteiger partial charge in [0.2, 0.25) is 0 Å². The predicted molar refractivity (Wildman–Crippen MR) is 106 cm³/mol. The summed E-state index contributed by atoms with van der Waals surface area (Å²) in [5, 5.41) is 0. The first-order valence-electron chi connectivity index (χ1n) is 8.40. The Morgan fingerprint density at radius 2 is 1.89 bits per heavy atom. The number of benzene rings is 1. The maximum atomic E-state index is 13.2. The van der Waals surface area contributed by atoms with Gasteiger partial charge in [-0.25, -0.2) is 8.42 Å². The predicted octanol–water partition coefficient (Wildman–Crippen LogP) is 3.27. The number of carbonyl (C=O) groups excluding carboxylic acids is 1. The molecule has 0 radical (unpaired) electrons. The minimum absolute atomic E-state index is 0.114. The molecular formula is C18H20ClNO6S2. The molecule has 3 rings (SSSR count). The maximum absolute atomic E-state index is 13.2. The normalized spacial score (nSPS) is 17.1. The van der Waals surface area contributed by atoms with Crippen molar-refractivity contribution in [3.05, 3.63) is 39.7 Å². The van der Waals surface area contributed by atoms with Crippen molar-refractivity contribution in [1.29, 1.82) is 0 Å². The molecule has 28 heavy (non-hydrogen) atoms. The highest BCUT2D eigenvalue weighted by atomic mass is 35.5. The molecule has 0 saturated heterocycles. The Morgan fingerprint density at radius 1 is 1.21 bits per heavy atom. The lowest BCUT2D eigenvalue weighted by Gasteiger charge is -2.36. The smallest absolute Gasteiger partial charge is 0.307 e. The van der Waals surface area contributed by atoms with Gasteiger partial charge in [-0.2, -0.15) is 4.31 Å². The molecular weight excluding hydrogens is 426 g/mol. The SMILES string of the molecule is COC(=O)CC1c2cc(OC)c(OC)cc2CCN1S(=O)(=O)c1ccc(Cl)s1. The number of esters is 1. The Hall–Kier alpha value is -1.81. The quantitative estimate of drug-likeness (QED) is 0.634. The summed E-state index contributed by atoms with van der Waals surface area (Å²) in [6.45, 7) is 0.224. The summed E-state index contributed by atoms with van der Waals surface area (Å²) >= 11 is 6.92. The number of thiophene rings is 1. The minimum Gasteiger partial charge on any atom is -0.493 e. The van der Waals surface area contributed by atoms with Crippen LogP contribution in [0.4, 0.5) is 0 Å². The Labute approximate surface area is 172 Å². The van der Waals surface area contributed by atoms with E-state index in [9.17, 15) is 13.2 Å². The third kappa shape index (κ3) is 3.84. The van der Waals surface area contributed by atoms with Gasteiger partial charge in [0.05, 0.1) is 38.1 Å². The number of hydrogen-bond acceptors (Lipinski definition) is 7. The van der Waals surface area contributed by atoms with Crippen molar-refractivity contribution in [2.24, 2.45) is 0 Å². The van der Waals surface area contributed by atoms with Gasteiger partial charge in [0.1, 0.15) is 4.21 Å². The zero-order valence-electron chi connectivity index (χ0n) is 15.6. The number of hydrogen-bond donors (Lipinski definition) is 0. The van der Waals surface area contributed by atoms with Crippen LogP contribution in [0.3, 0.4) is 0 Å². The van der Waals surface area contributed by atoms with Crippen LogP contribution in [0.25, 0.3) is 0 Å². The summed E-state index contributed by atoms with van der Waals surface area (Å²) in [7, 11) is 0.484. The minimum atomic E-state index is -3.83. The van der Waals surface area contributed by atoms with Crippen molar-refractivity contribution in [2.75, 3.05) is 27.9 Å². The molecule has 10 heteroatoms. The number of rotatable bonds is 6. The summed E-state index contributed by atoms with van der Waals surface area (Å²) < 4.78 is 43.8. The van der Waals surface area contributed by atoms with Crippen LogP contribution >= 0.6 is 22.9 Å². The van der Waals surface area contributed by atoms with Gasteiger partial charge in [0.15, 0.2) is 11.5 Å². The van der Waals surface area contributed by atoms with Gasteiger partial charge in [-0.05, 0) is 41.8 Å². The largest absolute Gasteiger partial charge is 0.493 e. The van der Waals surface area contributed by atoms with Crippen molar-refractivity contribution in [1.82, 2.24) is 4.31 Å². The molecule has 1 aromatic carbocycles. The molecule has 1 aromatic heterocycles. The summed E-state index contributed by atoms with van der Waals surface area (Å²) in [5.74, 6) is 0.519. The third-order valence-electron chi connectivity index (χ3n) is 4.65. The van der Waals surface area contributed by atoms with Crippen molar-refractivity contribution in [3.8, 4) is 11.5 Å². The molecule has 0 bridgehead atoms. The van der Waals surface area contributed by atoms with Crippen LogP contribution in [0, 0.1) is 0 Å². The Balaban J connectivity index is 2.11. The van der Waals surface area contributed by atoms with E-state index in [0.29, 0.717) is 27.8 Å². The molecule has 2 heterocycles. The fourth-order valence-electron chi connectivity index (χ4n) is 3.30. The van der Waals surface area contributed by atoms with Crippen LogP contribution in [-0.4, -0.2) is 46.6 Å². The van der Waals surface area contributed by atoms with E-state index < -0.39 is 22.0 Å². The number of ether oxygens (including phenoxy) is 3. The summed E-state index contributed by atoms with van der Waals surface area (Å²) in [5.41, 5.74) is 1.60. The highest BCUT2D eigenvalue weighted by molar-refractivity contribution is 7.91. The molecule has 0 aliphatic carbocycles. The number of sulfonamides is 1. The summed E-state index contributed by atoms with van der Waals surface area (Å²) in [6.07, 6.45) is 0.364. The average Bonchev–Trinajstić information content (AvgIpc) is 3.13. The zero-order valence-corrected chi connectivity index (χ0v) is 18.0. The maximum Gasteiger partial charge on any atom is 0.307 e. The standard InChI is InChI=1S/C18H20ClNO6S2/c1-24-14-8-11-6-7-20(28(22,23)18-5-4-16(19)27-18)13(10-17(21)26-3)12(11)9-15(14)25-2/h4-5,8-9,13H,6-7,10H2,1-3H3. The van der Waals surface area contributed by atoms with Crippen molar-refractivity contribution in [2.45, 2.75) is 23.1 Å². The molecule has 0 saturated carbocycles. The van der Waals surface area contributed by atoms with E-state index in [4.69, 9.17) is 25.8 Å². The van der Waals surface area contributed by atoms with Gasteiger partial charge < -0.3 is 14.2 Å². The Bertz CT molecular complexity index is 988. The van der Waals surface area contributed by atoms with Gasteiger partial charge >= 0.3 is 5.97 Å². The van der Waals surface area contributed by atoms with Crippen LogP contribution in [0.5, 0.6) is 11.5 Å². The lowest BCUT2D eigenvalue weighted by molar-refractivity contribution is -0.141. The molecule has 152 valence electrons. The van der Waals surface area contributed by atoms with Crippen LogP contribution in [0.1, 0.15) is 23.6 Å². The zero-order chi connectivity index (χ0) is 20.5. The second kappa shape index (κ2) is 8.28. The van der Waals surface area contributed by atoms with Crippen LogP contribution in [0.15, 0.2) is 28.5 Å². The van der Waals surface area contributed by atoms with Gasteiger partial charge in [-0.3, -0.25) is 4.79 Å². The number of fused-ring (bicyclic) bond motifs is 1. The van der Waals surface area contributed by atoms with Crippen LogP contribution < -0.4 is 9.47 Å². The first-order valence-corrected chi connectivity index (χ1v) is 11.0. The van der Waals surface area contributed by atoms with E-state index in [1.165, 1.54) is 31.7 Å². The molecule has 1 aliphatic rings. The van der Waals surface area contributed by atoms with Gasteiger partial charge in [-0.1, -0.05) is 11.6 Å². The Kier molecular flexibility index (Phi) is 6.18. The molecule has 0 spiro atoms. The molecule has 0 fully saturated rings. The summed E-state index contributed by atoms with van der Waals surface area (Å²) in [6, 6.07) is 5.85. The molecule has 7 nitrogen and oxygen atoms in total. The van der Waals surface area contributed by atoms with Crippen molar-refractivity contribution < 1.29 is 27.4 Å². The first-order chi connectivity index (χ1) is 13.3. The number of methoxy groups -OCH3 is 3. The number of halogens is 1. The highest BCUT2D eigenvalue weighted by Gasteiger charge is 2.39. The van der Waals surface area contributed by atoms with Crippen molar-refractivity contribution >= 4 is 38.9 Å². The van der Waals surface area contributed by atoms with E-state index in [1.807, 2.05) is 6.07 Å². The molecule has 0 amide bonds. The van der Waals surface area contributed by atoms with Gasteiger partial charge in [-0.15, -0.1) is 11.3 Å². The molecule has 1 atom stereocenters. The van der Waals surface area contributed by atoms with E-state index in [2.05, 4.69) is 0 Å². The second-order valence-corrected chi connectivity index (χ2v) is 9.96. The lowest BCUT2D eigenvalue weighted by atomic mass is 9.91. The number of carbonyl (C=O) groups is 1. The Morgan fingerprint density at radius 3 is 2.46 bits per heavy atom. The molecule has 1 unspecified atom stereocenters.